The Labute approximate surface area is 128 Å². The zero-order chi connectivity index (χ0) is 15.5. The van der Waals surface area contributed by atoms with Crippen molar-refractivity contribution in [3.8, 4) is 5.75 Å². The normalized spacial score (nSPS) is 18.9. The van der Waals surface area contributed by atoms with Crippen molar-refractivity contribution >= 4 is 11.6 Å². The summed E-state index contributed by atoms with van der Waals surface area (Å²) in [6, 6.07) is 0. The van der Waals surface area contributed by atoms with Gasteiger partial charge in [-0.15, -0.1) is 0 Å². The van der Waals surface area contributed by atoms with E-state index in [-0.39, 0.29) is 0 Å². The molecule has 0 bridgehead atoms. The van der Waals surface area contributed by atoms with Gasteiger partial charge < -0.3 is 15.0 Å². The summed E-state index contributed by atoms with van der Waals surface area (Å²) in [5.74, 6) is 3.16. The number of ether oxygens (including phenoxy) is 1. The van der Waals surface area contributed by atoms with E-state index in [1.807, 2.05) is 0 Å². The molecule has 1 fully saturated rings. The first-order valence-corrected chi connectivity index (χ1v) is 7.85. The van der Waals surface area contributed by atoms with Gasteiger partial charge in [0.15, 0.2) is 11.6 Å². The molecule has 1 aromatic rings. The molecule has 0 aliphatic carbocycles. The number of hydrogen-bond donors (Lipinski definition) is 1. The molecule has 5 nitrogen and oxygen atoms in total. The van der Waals surface area contributed by atoms with E-state index in [1.165, 1.54) is 6.42 Å². The fourth-order valence-corrected chi connectivity index (χ4v) is 2.81. The van der Waals surface area contributed by atoms with Gasteiger partial charge in [0, 0.05) is 19.6 Å². The van der Waals surface area contributed by atoms with Crippen LogP contribution in [0.2, 0.25) is 0 Å². The Morgan fingerprint density at radius 3 is 2.71 bits per heavy atom. The molecular formula is C16H28N4O. The molecule has 5 heteroatoms. The van der Waals surface area contributed by atoms with E-state index in [0.29, 0.717) is 11.3 Å². The summed E-state index contributed by atoms with van der Waals surface area (Å²) in [5.41, 5.74) is 0.332. The van der Waals surface area contributed by atoms with Gasteiger partial charge in [-0.05, 0) is 24.2 Å². The van der Waals surface area contributed by atoms with Gasteiger partial charge in [-0.2, -0.15) is 0 Å². The fraction of sp³-hybridized carbons (Fsp3) is 0.750. The quantitative estimate of drug-likeness (QED) is 0.903. The highest BCUT2D eigenvalue weighted by Gasteiger charge is 2.33. The largest absolute Gasteiger partial charge is 0.490 e. The molecule has 0 spiro atoms. The highest BCUT2D eigenvalue weighted by Crippen LogP contribution is 2.39. The zero-order valence-electron chi connectivity index (χ0n) is 13.9. The molecule has 2 rings (SSSR count). The van der Waals surface area contributed by atoms with Gasteiger partial charge in [0.05, 0.1) is 7.11 Å². The second kappa shape index (κ2) is 6.50. The Balaban J connectivity index is 2.20. The molecule has 118 valence electrons. The van der Waals surface area contributed by atoms with Gasteiger partial charge in [0.2, 0.25) is 5.75 Å². The first kappa shape index (κ1) is 15.9. The van der Waals surface area contributed by atoms with E-state index in [4.69, 9.17) is 4.74 Å². The minimum atomic E-state index is 0.332. The molecule has 0 radical (unpaired) electrons. The van der Waals surface area contributed by atoms with E-state index in [2.05, 4.69) is 47.9 Å². The Bertz CT molecular complexity index is 470. The average molecular weight is 292 g/mol. The van der Waals surface area contributed by atoms with Crippen molar-refractivity contribution in [1.29, 1.82) is 0 Å². The number of aromatic nitrogens is 2. The number of anilines is 2. The second-order valence-electron chi connectivity index (χ2n) is 6.80. The third-order valence-corrected chi connectivity index (χ3v) is 4.24. The summed E-state index contributed by atoms with van der Waals surface area (Å²) in [5, 5.41) is 3.32. The minimum absolute atomic E-state index is 0.332. The zero-order valence-corrected chi connectivity index (χ0v) is 13.9. The van der Waals surface area contributed by atoms with Crippen LogP contribution in [-0.4, -0.2) is 36.7 Å². The molecule has 1 aliphatic heterocycles. The fourth-order valence-electron chi connectivity index (χ4n) is 2.81. The number of hydrogen-bond acceptors (Lipinski definition) is 5. The van der Waals surface area contributed by atoms with Crippen LogP contribution in [0.1, 0.15) is 40.5 Å². The van der Waals surface area contributed by atoms with E-state index < -0.39 is 0 Å². The van der Waals surface area contributed by atoms with E-state index in [9.17, 15) is 0 Å². The standard InChI is InChI=1S/C16H28N4O/c1-6-8-17-14-13(21-5)15(19-11-18-14)20-9-7-12(10-20)16(2,3)4/h11-12H,6-10H2,1-5H3,(H,17,18,19). The molecule has 21 heavy (non-hydrogen) atoms. The van der Waals surface area contributed by atoms with Gasteiger partial charge in [0.25, 0.3) is 0 Å². The second-order valence-corrected chi connectivity index (χ2v) is 6.80. The topological polar surface area (TPSA) is 50.3 Å². The van der Waals surface area contributed by atoms with Crippen LogP contribution in [0, 0.1) is 11.3 Å². The van der Waals surface area contributed by atoms with Crippen LogP contribution in [0.3, 0.4) is 0 Å². The molecule has 0 saturated carbocycles. The molecule has 1 atom stereocenters. The van der Waals surface area contributed by atoms with Gasteiger partial charge in [-0.1, -0.05) is 27.7 Å². The summed E-state index contributed by atoms with van der Waals surface area (Å²) in [7, 11) is 1.69. The van der Waals surface area contributed by atoms with Crippen LogP contribution < -0.4 is 15.0 Å². The minimum Gasteiger partial charge on any atom is -0.490 e. The van der Waals surface area contributed by atoms with Crippen LogP contribution in [0.25, 0.3) is 0 Å². The van der Waals surface area contributed by atoms with Crippen LogP contribution in [0.15, 0.2) is 6.33 Å². The number of nitrogens with one attached hydrogen (secondary N) is 1. The summed E-state index contributed by atoms with van der Waals surface area (Å²) in [6.07, 6.45) is 3.88. The van der Waals surface area contributed by atoms with Crippen molar-refractivity contribution in [2.75, 3.05) is 37.0 Å². The number of nitrogens with zero attached hydrogens (tertiary/aromatic N) is 3. The van der Waals surface area contributed by atoms with Gasteiger partial charge in [-0.3, -0.25) is 0 Å². The monoisotopic (exact) mass is 292 g/mol. The smallest absolute Gasteiger partial charge is 0.204 e. The van der Waals surface area contributed by atoms with Crippen molar-refractivity contribution in [2.24, 2.45) is 11.3 Å². The first-order valence-electron chi connectivity index (χ1n) is 7.85. The van der Waals surface area contributed by atoms with Gasteiger partial charge in [0.1, 0.15) is 6.33 Å². The molecule has 1 saturated heterocycles. The highest BCUT2D eigenvalue weighted by molar-refractivity contribution is 5.65. The van der Waals surface area contributed by atoms with E-state index in [0.717, 1.165) is 43.4 Å². The lowest BCUT2D eigenvalue weighted by atomic mass is 9.80. The maximum absolute atomic E-state index is 5.58. The third kappa shape index (κ3) is 3.57. The summed E-state index contributed by atoms with van der Waals surface area (Å²) in [4.78, 5) is 11.1. The van der Waals surface area contributed by atoms with Crippen molar-refractivity contribution in [3.63, 3.8) is 0 Å². The van der Waals surface area contributed by atoms with Crippen molar-refractivity contribution in [3.05, 3.63) is 6.33 Å². The average Bonchev–Trinajstić information content (AvgIpc) is 2.94. The Hall–Kier alpha value is -1.52. The molecule has 1 aromatic heterocycles. The third-order valence-electron chi connectivity index (χ3n) is 4.24. The number of methoxy groups -OCH3 is 1. The van der Waals surface area contributed by atoms with Crippen molar-refractivity contribution < 1.29 is 4.74 Å². The molecule has 0 amide bonds. The Morgan fingerprint density at radius 1 is 1.38 bits per heavy atom. The van der Waals surface area contributed by atoms with E-state index in [1.54, 1.807) is 13.4 Å². The maximum Gasteiger partial charge on any atom is 0.204 e. The summed E-state index contributed by atoms with van der Waals surface area (Å²) >= 11 is 0. The first-order chi connectivity index (χ1) is 9.97. The molecule has 2 heterocycles. The summed E-state index contributed by atoms with van der Waals surface area (Å²) < 4.78 is 5.58. The van der Waals surface area contributed by atoms with Gasteiger partial charge >= 0.3 is 0 Å². The SMILES string of the molecule is CCCNc1ncnc(N2CCC(C(C)(C)C)C2)c1OC. The Morgan fingerprint density at radius 2 is 2.14 bits per heavy atom. The predicted molar refractivity (Wildman–Crippen MR) is 87.1 cm³/mol. The molecular weight excluding hydrogens is 264 g/mol. The molecule has 0 aromatic carbocycles. The highest BCUT2D eigenvalue weighted by atomic mass is 16.5. The lowest BCUT2D eigenvalue weighted by Crippen LogP contribution is -2.27. The van der Waals surface area contributed by atoms with E-state index >= 15 is 0 Å². The van der Waals surface area contributed by atoms with Crippen LogP contribution in [-0.2, 0) is 0 Å². The summed E-state index contributed by atoms with van der Waals surface area (Å²) in [6.45, 7) is 12.0. The van der Waals surface area contributed by atoms with Gasteiger partial charge in [-0.25, -0.2) is 9.97 Å². The lowest BCUT2D eigenvalue weighted by Gasteiger charge is -2.27. The van der Waals surface area contributed by atoms with Crippen molar-refractivity contribution in [1.82, 2.24) is 9.97 Å². The molecule has 1 aliphatic rings. The molecule has 1 N–H and O–H groups in total. The molecule has 1 unspecified atom stereocenters. The number of rotatable bonds is 5. The predicted octanol–water partition coefficient (Wildman–Crippen LogP) is 3.18. The van der Waals surface area contributed by atoms with Crippen LogP contribution in [0.4, 0.5) is 11.6 Å². The van der Waals surface area contributed by atoms with Crippen molar-refractivity contribution in [2.45, 2.75) is 40.5 Å². The Kier molecular flexibility index (Phi) is 4.91. The lowest BCUT2D eigenvalue weighted by molar-refractivity contribution is 0.263. The van der Waals surface area contributed by atoms with Crippen LogP contribution >= 0.6 is 0 Å². The van der Waals surface area contributed by atoms with Crippen LogP contribution in [0.5, 0.6) is 5.75 Å². The maximum atomic E-state index is 5.58.